The number of benzene rings is 1. The fraction of sp³-hybridized carbons (Fsp3) is 0.545. The highest BCUT2D eigenvalue weighted by molar-refractivity contribution is 6.06. The van der Waals surface area contributed by atoms with E-state index in [0.717, 1.165) is 37.1 Å². The Bertz CT molecular complexity index is 858. The summed E-state index contributed by atoms with van der Waals surface area (Å²) in [4.78, 5) is 21.6. The number of pyridine rings is 1. The van der Waals surface area contributed by atoms with Gasteiger partial charge in [0.15, 0.2) is 0 Å². The second kappa shape index (κ2) is 7.43. The molecule has 0 spiro atoms. The molecule has 0 radical (unpaired) electrons. The fourth-order valence-electron chi connectivity index (χ4n) is 4.44. The van der Waals surface area contributed by atoms with E-state index < -0.39 is 11.0 Å². The van der Waals surface area contributed by atoms with Crippen LogP contribution in [0.2, 0.25) is 0 Å². The van der Waals surface area contributed by atoms with Gasteiger partial charge >= 0.3 is 0 Å². The van der Waals surface area contributed by atoms with E-state index in [1.54, 1.807) is 12.4 Å². The van der Waals surface area contributed by atoms with E-state index in [1.165, 1.54) is 0 Å². The van der Waals surface area contributed by atoms with E-state index in [-0.39, 0.29) is 5.91 Å². The average Bonchev–Trinajstić information content (AvgIpc) is 2.70. The van der Waals surface area contributed by atoms with E-state index in [0.29, 0.717) is 31.6 Å². The van der Waals surface area contributed by atoms with E-state index in [4.69, 9.17) is 4.74 Å². The smallest absolute Gasteiger partial charge is 0.254 e. The molecule has 1 aromatic heterocycles. The summed E-state index contributed by atoms with van der Waals surface area (Å²) in [6, 6.07) is 7.65. The van der Waals surface area contributed by atoms with Crippen LogP contribution in [0.4, 0.5) is 0 Å². The van der Waals surface area contributed by atoms with Gasteiger partial charge in [-0.1, -0.05) is 26.0 Å². The lowest BCUT2D eigenvalue weighted by Crippen LogP contribution is -2.63. The number of hydrogen-bond donors (Lipinski definition) is 1. The van der Waals surface area contributed by atoms with Gasteiger partial charge in [0.1, 0.15) is 0 Å². The van der Waals surface area contributed by atoms with E-state index in [2.05, 4.69) is 23.7 Å². The quantitative estimate of drug-likeness (QED) is 0.880. The molecule has 6 heteroatoms. The molecule has 28 heavy (non-hydrogen) atoms. The Morgan fingerprint density at radius 2 is 2.00 bits per heavy atom. The normalized spacial score (nSPS) is 25.8. The molecule has 1 N–H and O–H groups in total. The molecule has 2 aliphatic heterocycles. The zero-order valence-corrected chi connectivity index (χ0v) is 16.7. The number of aliphatic hydroxyl groups is 1. The number of amides is 1. The maximum atomic E-state index is 13.3. The van der Waals surface area contributed by atoms with Crippen LogP contribution in [-0.2, 0) is 4.74 Å². The van der Waals surface area contributed by atoms with Gasteiger partial charge in [-0.05, 0) is 23.9 Å². The fourth-order valence-corrected chi connectivity index (χ4v) is 4.44. The number of carbonyl (C=O) groups is 1. The van der Waals surface area contributed by atoms with Gasteiger partial charge in [-0.25, -0.2) is 0 Å². The molecule has 6 nitrogen and oxygen atoms in total. The summed E-state index contributed by atoms with van der Waals surface area (Å²) < 4.78 is 5.43. The Labute approximate surface area is 166 Å². The molecule has 1 aromatic carbocycles. The molecular weight excluding hydrogens is 354 g/mol. The van der Waals surface area contributed by atoms with Gasteiger partial charge < -0.3 is 14.7 Å². The largest absolute Gasteiger partial charge is 0.388 e. The molecule has 0 bridgehead atoms. The third-order valence-corrected chi connectivity index (χ3v) is 6.43. The molecule has 0 aliphatic carbocycles. The maximum Gasteiger partial charge on any atom is 0.254 e. The van der Waals surface area contributed by atoms with Crippen molar-refractivity contribution in [1.82, 2.24) is 14.8 Å². The Morgan fingerprint density at radius 3 is 2.75 bits per heavy atom. The topological polar surface area (TPSA) is 65.9 Å². The summed E-state index contributed by atoms with van der Waals surface area (Å²) in [7, 11) is 0. The number of β-amino-alcohol motifs (C(OH)–C–C–N with tert-alkyl or cyclic N) is 1. The van der Waals surface area contributed by atoms with Crippen LogP contribution in [0.15, 0.2) is 36.7 Å². The highest BCUT2D eigenvalue weighted by Gasteiger charge is 2.49. The predicted octanol–water partition coefficient (Wildman–Crippen LogP) is 2.17. The zero-order chi connectivity index (χ0) is 19.8. The number of aromatic nitrogens is 1. The minimum atomic E-state index is -0.816. The van der Waals surface area contributed by atoms with Crippen molar-refractivity contribution in [2.75, 3.05) is 45.9 Å². The van der Waals surface area contributed by atoms with Gasteiger partial charge in [0.2, 0.25) is 0 Å². The maximum absolute atomic E-state index is 13.3. The van der Waals surface area contributed by atoms with Crippen LogP contribution >= 0.6 is 0 Å². The van der Waals surface area contributed by atoms with Crippen molar-refractivity contribution in [1.29, 1.82) is 0 Å². The third-order valence-electron chi connectivity index (χ3n) is 6.43. The molecule has 2 aliphatic rings. The van der Waals surface area contributed by atoms with E-state index in [9.17, 15) is 9.90 Å². The van der Waals surface area contributed by atoms with Gasteiger partial charge in [-0.15, -0.1) is 0 Å². The van der Waals surface area contributed by atoms with Crippen LogP contribution in [0.5, 0.6) is 0 Å². The Morgan fingerprint density at radius 1 is 1.21 bits per heavy atom. The molecule has 1 atom stereocenters. The first-order valence-corrected chi connectivity index (χ1v) is 10.0. The van der Waals surface area contributed by atoms with Crippen LogP contribution in [0.25, 0.3) is 10.8 Å². The second-order valence-electron chi connectivity index (χ2n) is 8.68. The van der Waals surface area contributed by atoms with Crippen LogP contribution in [0.3, 0.4) is 0 Å². The molecule has 2 aromatic rings. The Kier molecular flexibility index (Phi) is 5.12. The summed E-state index contributed by atoms with van der Waals surface area (Å²) in [6.45, 7) is 9.01. The van der Waals surface area contributed by atoms with Crippen molar-refractivity contribution in [3.05, 3.63) is 42.2 Å². The summed E-state index contributed by atoms with van der Waals surface area (Å²) in [5, 5.41) is 13.4. The van der Waals surface area contributed by atoms with Gasteiger partial charge in [0.05, 0.1) is 18.8 Å². The van der Waals surface area contributed by atoms with E-state index >= 15 is 0 Å². The number of likely N-dealkylation sites (tertiary alicyclic amines) is 1. The van der Waals surface area contributed by atoms with Gasteiger partial charge in [0.25, 0.3) is 5.91 Å². The molecule has 0 unspecified atom stereocenters. The number of hydrogen-bond acceptors (Lipinski definition) is 5. The van der Waals surface area contributed by atoms with E-state index in [1.807, 2.05) is 29.2 Å². The second-order valence-corrected chi connectivity index (χ2v) is 8.68. The molecular formula is C22H29N3O3. The highest BCUT2D eigenvalue weighted by Crippen LogP contribution is 2.40. The number of rotatable bonds is 3. The lowest BCUT2D eigenvalue weighted by atomic mass is 9.69. The summed E-state index contributed by atoms with van der Waals surface area (Å²) in [6.07, 6.45) is 4.09. The van der Waals surface area contributed by atoms with Crippen molar-refractivity contribution in [2.24, 2.45) is 5.41 Å². The van der Waals surface area contributed by atoms with Gasteiger partial charge in [-0.2, -0.15) is 0 Å². The lowest BCUT2D eigenvalue weighted by Gasteiger charge is -2.52. The first-order chi connectivity index (χ1) is 13.4. The average molecular weight is 383 g/mol. The van der Waals surface area contributed by atoms with Gasteiger partial charge in [0, 0.05) is 61.5 Å². The minimum Gasteiger partial charge on any atom is -0.388 e. The number of carbonyl (C=O) groups excluding carboxylic acids is 1. The van der Waals surface area contributed by atoms with Crippen molar-refractivity contribution < 1.29 is 14.6 Å². The molecule has 0 saturated carbocycles. The summed E-state index contributed by atoms with van der Waals surface area (Å²) in [5.41, 5.74) is -0.510. The highest BCUT2D eigenvalue weighted by atomic mass is 16.5. The van der Waals surface area contributed by atoms with Crippen LogP contribution < -0.4 is 0 Å². The lowest BCUT2D eigenvalue weighted by molar-refractivity contribution is -0.133. The minimum absolute atomic E-state index is 0.0262. The third kappa shape index (κ3) is 3.52. The Balaban J connectivity index is 1.53. The molecule has 3 heterocycles. The SMILES string of the molecule is CC1(C)CN(C(=O)c2cccc3cnccc23)CC[C@]1(O)CN1CCOCC1. The van der Waals surface area contributed by atoms with Crippen molar-refractivity contribution in [2.45, 2.75) is 25.9 Å². The molecule has 150 valence electrons. The number of fused-ring (bicyclic) bond motifs is 1. The summed E-state index contributed by atoms with van der Waals surface area (Å²) >= 11 is 0. The number of morpholine rings is 1. The van der Waals surface area contributed by atoms with Gasteiger partial charge in [-0.3, -0.25) is 14.7 Å². The van der Waals surface area contributed by atoms with Crippen LogP contribution in [0.1, 0.15) is 30.6 Å². The monoisotopic (exact) mass is 383 g/mol. The molecule has 2 fully saturated rings. The first kappa shape index (κ1) is 19.3. The molecule has 1 amide bonds. The van der Waals surface area contributed by atoms with Crippen molar-refractivity contribution >= 4 is 16.7 Å². The zero-order valence-electron chi connectivity index (χ0n) is 16.7. The van der Waals surface area contributed by atoms with Crippen molar-refractivity contribution in [3.63, 3.8) is 0 Å². The van der Waals surface area contributed by atoms with Crippen LogP contribution in [-0.4, -0.2) is 77.3 Å². The number of piperidine rings is 1. The molecule has 4 rings (SSSR count). The predicted molar refractivity (Wildman–Crippen MR) is 108 cm³/mol. The Hall–Kier alpha value is -2.02. The first-order valence-electron chi connectivity index (χ1n) is 10.0. The summed E-state index contributed by atoms with van der Waals surface area (Å²) in [5.74, 6) is 0.0262. The number of nitrogens with zero attached hydrogens (tertiary/aromatic N) is 3. The van der Waals surface area contributed by atoms with Crippen molar-refractivity contribution in [3.8, 4) is 0 Å². The number of ether oxygens (including phenoxy) is 1. The molecule has 2 saturated heterocycles. The standard InChI is InChI=1S/C22H29N3O3/c1-21(2)15-25(9-7-22(21,27)16-24-10-12-28-13-11-24)20(26)19-5-3-4-17-14-23-8-6-18(17)19/h3-6,8,14,27H,7,9-13,15-16H2,1-2H3/t22-/m0/s1. The van der Waals surface area contributed by atoms with Crippen LogP contribution in [0, 0.1) is 5.41 Å².